The van der Waals surface area contributed by atoms with E-state index in [1.165, 1.54) is 24.3 Å². The Bertz CT molecular complexity index is 394. The number of nitrogens with zero attached hydrogens (tertiary/aromatic N) is 1. The minimum atomic E-state index is -0.316. The predicted molar refractivity (Wildman–Crippen MR) is 64.4 cm³/mol. The van der Waals surface area contributed by atoms with Crippen molar-refractivity contribution in [2.75, 3.05) is 13.1 Å². The number of hydrogen-bond acceptors (Lipinski definition) is 2. The van der Waals surface area contributed by atoms with Crippen molar-refractivity contribution in [2.45, 2.75) is 25.9 Å². The molecule has 0 bridgehead atoms. The lowest BCUT2D eigenvalue weighted by Gasteiger charge is -2.36. The minimum Gasteiger partial charge on any atom is -0.336 e. The Labute approximate surface area is 101 Å². The first kappa shape index (κ1) is 12.0. The summed E-state index contributed by atoms with van der Waals surface area (Å²) >= 11 is 0. The lowest BCUT2D eigenvalue weighted by atomic mass is 10.1. The van der Waals surface area contributed by atoms with E-state index in [2.05, 4.69) is 19.2 Å². The minimum absolute atomic E-state index is 0.0230. The number of amides is 1. The van der Waals surface area contributed by atoms with Gasteiger partial charge in [0.1, 0.15) is 5.82 Å². The van der Waals surface area contributed by atoms with Crippen molar-refractivity contribution in [3.63, 3.8) is 0 Å². The van der Waals surface area contributed by atoms with Crippen LogP contribution in [0.15, 0.2) is 24.3 Å². The molecule has 1 fully saturated rings. The van der Waals surface area contributed by atoms with E-state index in [1.54, 1.807) is 0 Å². The summed E-state index contributed by atoms with van der Waals surface area (Å²) in [5.74, 6) is -0.339. The second-order valence-electron chi connectivity index (χ2n) is 4.69. The summed E-state index contributed by atoms with van der Waals surface area (Å²) in [7, 11) is 0. The normalized spacial score (nSPS) is 24.8. The third kappa shape index (κ3) is 2.82. The molecule has 1 N–H and O–H groups in total. The summed E-state index contributed by atoms with van der Waals surface area (Å²) < 4.78 is 12.8. The quantitative estimate of drug-likeness (QED) is 0.804. The zero-order valence-corrected chi connectivity index (χ0v) is 10.1. The molecule has 92 valence electrons. The lowest BCUT2D eigenvalue weighted by Crippen LogP contribution is -2.55. The van der Waals surface area contributed by atoms with Crippen LogP contribution in [0.2, 0.25) is 0 Å². The van der Waals surface area contributed by atoms with Gasteiger partial charge in [0.2, 0.25) is 0 Å². The van der Waals surface area contributed by atoms with Gasteiger partial charge in [0, 0.05) is 30.7 Å². The Morgan fingerprint density at radius 3 is 2.29 bits per heavy atom. The molecule has 2 rings (SSSR count). The maximum Gasteiger partial charge on any atom is 0.253 e. The Balaban J connectivity index is 2.11. The van der Waals surface area contributed by atoms with Crippen LogP contribution in [0.4, 0.5) is 4.39 Å². The molecule has 3 nitrogen and oxygen atoms in total. The highest BCUT2D eigenvalue weighted by Gasteiger charge is 2.25. The van der Waals surface area contributed by atoms with E-state index in [-0.39, 0.29) is 11.7 Å². The molecule has 1 amide bonds. The molecule has 1 aromatic carbocycles. The van der Waals surface area contributed by atoms with E-state index < -0.39 is 0 Å². The summed E-state index contributed by atoms with van der Waals surface area (Å²) in [5.41, 5.74) is 0.549. The SMILES string of the molecule is CC1CN(C(=O)c2ccc(F)cc2)CC(C)N1. The summed E-state index contributed by atoms with van der Waals surface area (Å²) in [6.45, 7) is 5.50. The Morgan fingerprint density at radius 1 is 1.24 bits per heavy atom. The maximum atomic E-state index is 12.8. The van der Waals surface area contributed by atoms with Crippen LogP contribution < -0.4 is 5.32 Å². The number of piperazine rings is 1. The maximum absolute atomic E-state index is 12.8. The van der Waals surface area contributed by atoms with Crippen LogP contribution in [0.3, 0.4) is 0 Å². The Hall–Kier alpha value is -1.42. The molecule has 0 radical (unpaired) electrons. The van der Waals surface area contributed by atoms with Gasteiger partial charge in [-0.05, 0) is 38.1 Å². The number of benzene rings is 1. The third-order valence-corrected chi connectivity index (χ3v) is 2.94. The standard InChI is InChI=1S/C13H17FN2O/c1-9-7-16(8-10(2)15-9)13(17)11-3-5-12(14)6-4-11/h3-6,9-10,15H,7-8H2,1-2H3. The number of hydrogen-bond donors (Lipinski definition) is 1. The lowest BCUT2D eigenvalue weighted by molar-refractivity contribution is 0.0674. The van der Waals surface area contributed by atoms with Gasteiger partial charge in [0.15, 0.2) is 0 Å². The van der Waals surface area contributed by atoms with Gasteiger partial charge in [-0.15, -0.1) is 0 Å². The number of carbonyl (C=O) groups is 1. The molecule has 4 heteroatoms. The number of nitrogens with one attached hydrogen (secondary N) is 1. The fourth-order valence-electron chi connectivity index (χ4n) is 2.27. The van der Waals surface area contributed by atoms with Crippen molar-refractivity contribution in [2.24, 2.45) is 0 Å². The molecule has 1 aliphatic rings. The first-order chi connectivity index (χ1) is 8.06. The Morgan fingerprint density at radius 2 is 1.76 bits per heavy atom. The molecule has 0 spiro atoms. The molecule has 1 aliphatic heterocycles. The van der Waals surface area contributed by atoms with E-state index in [4.69, 9.17) is 0 Å². The molecular weight excluding hydrogens is 219 g/mol. The topological polar surface area (TPSA) is 32.3 Å². The monoisotopic (exact) mass is 236 g/mol. The smallest absolute Gasteiger partial charge is 0.253 e. The molecule has 2 unspecified atom stereocenters. The van der Waals surface area contributed by atoms with E-state index in [0.717, 1.165) is 0 Å². The first-order valence-corrected chi connectivity index (χ1v) is 5.87. The fraction of sp³-hybridized carbons (Fsp3) is 0.462. The van der Waals surface area contributed by atoms with Crippen LogP contribution in [0, 0.1) is 5.82 Å². The molecule has 17 heavy (non-hydrogen) atoms. The second kappa shape index (κ2) is 4.84. The molecule has 1 aromatic rings. The molecule has 1 heterocycles. The van der Waals surface area contributed by atoms with Gasteiger partial charge in [0.25, 0.3) is 5.91 Å². The summed E-state index contributed by atoms with van der Waals surface area (Å²) in [5, 5.41) is 3.37. The van der Waals surface area contributed by atoms with Crippen molar-refractivity contribution in [3.05, 3.63) is 35.6 Å². The van der Waals surface area contributed by atoms with Gasteiger partial charge in [-0.25, -0.2) is 4.39 Å². The largest absolute Gasteiger partial charge is 0.336 e. The van der Waals surface area contributed by atoms with Gasteiger partial charge >= 0.3 is 0 Å². The summed E-state index contributed by atoms with van der Waals surface area (Å²) in [6, 6.07) is 6.31. The molecule has 0 aromatic heterocycles. The molecular formula is C13H17FN2O. The van der Waals surface area contributed by atoms with Crippen LogP contribution in [0.25, 0.3) is 0 Å². The average Bonchev–Trinajstić information content (AvgIpc) is 2.28. The van der Waals surface area contributed by atoms with Crippen LogP contribution in [0.5, 0.6) is 0 Å². The summed E-state index contributed by atoms with van der Waals surface area (Å²) in [4.78, 5) is 14.0. The van der Waals surface area contributed by atoms with Crippen molar-refractivity contribution >= 4 is 5.91 Å². The van der Waals surface area contributed by atoms with Gasteiger partial charge in [-0.3, -0.25) is 4.79 Å². The van der Waals surface area contributed by atoms with Crippen LogP contribution in [0.1, 0.15) is 24.2 Å². The highest BCUT2D eigenvalue weighted by atomic mass is 19.1. The van der Waals surface area contributed by atoms with E-state index in [9.17, 15) is 9.18 Å². The predicted octanol–water partition coefficient (Wildman–Crippen LogP) is 1.65. The van der Waals surface area contributed by atoms with Crippen molar-refractivity contribution in [1.29, 1.82) is 0 Å². The average molecular weight is 236 g/mol. The van der Waals surface area contributed by atoms with Crippen molar-refractivity contribution in [1.82, 2.24) is 10.2 Å². The zero-order chi connectivity index (χ0) is 12.4. The van der Waals surface area contributed by atoms with Crippen molar-refractivity contribution in [3.8, 4) is 0 Å². The third-order valence-electron chi connectivity index (χ3n) is 2.94. The Kier molecular flexibility index (Phi) is 3.43. The van der Waals surface area contributed by atoms with Crippen molar-refractivity contribution < 1.29 is 9.18 Å². The van der Waals surface area contributed by atoms with Crippen LogP contribution in [-0.4, -0.2) is 36.0 Å². The van der Waals surface area contributed by atoms with E-state index in [0.29, 0.717) is 30.7 Å². The molecule has 0 aliphatic carbocycles. The number of carbonyl (C=O) groups excluding carboxylic acids is 1. The van der Waals surface area contributed by atoms with Gasteiger partial charge in [0.05, 0.1) is 0 Å². The number of rotatable bonds is 1. The number of halogens is 1. The highest BCUT2D eigenvalue weighted by Crippen LogP contribution is 2.11. The second-order valence-corrected chi connectivity index (χ2v) is 4.69. The highest BCUT2D eigenvalue weighted by molar-refractivity contribution is 5.94. The van der Waals surface area contributed by atoms with Gasteiger partial charge < -0.3 is 10.2 Å². The molecule has 0 saturated carbocycles. The van der Waals surface area contributed by atoms with E-state index >= 15 is 0 Å². The fourth-order valence-corrected chi connectivity index (χ4v) is 2.27. The zero-order valence-electron chi connectivity index (χ0n) is 10.1. The van der Waals surface area contributed by atoms with Gasteiger partial charge in [-0.2, -0.15) is 0 Å². The van der Waals surface area contributed by atoms with Gasteiger partial charge in [-0.1, -0.05) is 0 Å². The molecule has 1 saturated heterocycles. The first-order valence-electron chi connectivity index (χ1n) is 5.87. The van der Waals surface area contributed by atoms with Crippen LogP contribution in [-0.2, 0) is 0 Å². The molecule has 2 atom stereocenters. The van der Waals surface area contributed by atoms with Crippen LogP contribution >= 0.6 is 0 Å². The summed E-state index contributed by atoms with van der Waals surface area (Å²) in [6.07, 6.45) is 0. The van der Waals surface area contributed by atoms with E-state index in [1.807, 2.05) is 4.90 Å².